The van der Waals surface area contributed by atoms with Gasteiger partial charge in [0, 0.05) is 24.7 Å². The fraction of sp³-hybridized carbons (Fsp3) is 0.600. The molecule has 3 amide bonds. The van der Waals surface area contributed by atoms with Gasteiger partial charge in [0.15, 0.2) is 0 Å². The number of carbonyl (C=O) groups is 4. The summed E-state index contributed by atoms with van der Waals surface area (Å²) in [6.45, 7) is 4.59. The van der Waals surface area contributed by atoms with Crippen molar-refractivity contribution in [2.45, 2.75) is 84.1 Å². The van der Waals surface area contributed by atoms with Gasteiger partial charge >= 0.3 is 0 Å². The molecule has 0 saturated heterocycles. The van der Waals surface area contributed by atoms with Crippen molar-refractivity contribution in [3.8, 4) is 0 Å². The number of anilines is 1. The zero-order valence-corrected chi connectivity index (χ0v) is 19.5. The van der Waals surface area contributed by atoms with Crippen LogP contribution in [0, 0.1) is 0 Å². The van der Waals surface area contributed by atoms with E-state index in [-0.39, 0.29) is 30.3 Å². The van der Waals surface area contributed by atoms with Crippen molar-refractivity contribution in [3.63, 3.8) is 0 Å². The van der Waals surface area contributed by atoms with E-state index in [1.807, 2.05) is 13.8 Å². The SMILES string of the molecule is CCCC(C)N1C(=O)c2cccc(NCC(=O)NCCCCCCCCCC=O)c2C1=O. The lowest BCUT2D eigenvalue weighted by molar-refractivity contribution is -0.119. The molecule has 0 saturated carbocycles. The van der Waals surface area contributed by atoms with Crippen molar-refractivity contribution in [1.82, 2.24) is 10.2 Å². The molecule has 0 aliphatic carbocycles. The first-order valence-corrected chi connectivity index (χ1v) is 12.0. The molecule has 0 fully saturated rings. The largest absolute Gasteiger partial charge is 0.375 e. The van der Waals surface area contributed by atoms with Crippen molar-refractivity contribution in [1.29, 1.82) is 0 Å². The lowest BCUT2D eigenvalue weighted by Crippen LogP contribution is -2.38. The van der Waals surface area contributed by atoms with Crippen LogP contribution in [0.3, 0.4) is 0 Å². The number of hydrogen-bond donors (Lipinski definition) is 2. The number of rotatable bonds is 16. The Morgan fingerprint density at radius 2 is 1.72 bits per heavy atom. The monoisotopic (exact) mass is 443 g/mol. The maximum atomic E-state index is 12.9. The zero-order valence-electron chi connectivity index (χ0n) is 19.5. The Morgan fingerprint density at radius 3 is 2.41 bits per heavy atom. The van der Waals surface area contributed by atoms with E-state index < -0.39 is 0 Å². The fourth-order valence-electron chi connectivity index (χ4n) is 4.10. The van der Waals surface area contributed by atoms with Crippen molar-refractivity contribution in [2.75, 3.05) is 18.4 Å². The Bertz CT molecular complexity index is 793. The van der Waals surface area contributed by atoms with Crippen LogP contribution < -0.4 is 10.6 Å². The standard InChI is InChI=1S/C25H37N3O4/c1-3-13-19(2)28-24(31)20-14-12-15-21(23(20)25(28)32)27-18-22(30)26-16-10-8-6-4-5-7-9-11-17-29/h12,14-15,17,19,27H,3-11,13,16,18H2,1-2H3,(H,26,30). The van der Waals surface area contributed by atoms with E-state index in [4.69, 9.17) is 0 Å². The van der Waals surface area contributed by atoms with E-state index in [0.29, 0.717) is 29.8 Å². The molecule has 0 aromatic heterocycles. The minimum Gasteiger partial charge on any atom is -0.375 e. The molecule has 0 radical (unpaired) electrons. The van der Waals surface area contributed by atoms with Gasteiger partial charge in [0.1, 0.15) is 6.29 Å². The molecule has 7 nitrogen and oxygen atoms in total. The second-order valence-corrected chi connectivity index (χ2v) is 8.48. The Balaban J connectivity index is 1.73. The van der Waals surface area contributed by atoms with Gasteiger partial charge in [-0.25, -0.2) is 0 Å². The summed E-state index contributed by atoms with van der Waals surface area (Å²) in [6.07, 6.45) is 10.8. The van der Waals surface area contributed by atoms with Gasteiger partial charge in [0.25, 0.3) is 11.8 Å². The highest BCUT2D eigenvalue weighted by Crippen LogP contribution is 2.31. The number of imide groups is 1. The zero-order chi connectivity index (χ0) is 23.3. The molecular weight excluding hydrogens is 406 g/mol. The highest BCUT2D eigenvalue weighted by molar-refractivity contribution is 6.24. The predicted molar refractivity (Wildman–Crippen MR) is 126 cm³/mol. The first kappa shape index (κ1) is 25.6. The van der Waals surface area contributed by atoms with Gasteiger partial charge < -0.3 is 15.4 Å². The lowest BCUT2D eigenvalue weighted by atomic mass is 10.1. The van der Waals surface area contributed by atoms with Crippen LogP contribution in [-0.2, 0) is 9.59 Å². The highest BCUT2D eigenvalue weighted by Gasteiger charge is 2.39. The van der Waals surface area contributed by atoms with Crippen LogP contribution in [0.1, 0.15) is 98.8 Å². The molecule has 1 aliphatic rings. The number of carbonyl (C=O) groups excluding carboxylic acids is 4. The van der Waals surface area contributed by atoms with E-state index in [0.717, 1.165) is 64.1 Å². The van der Waals surface area contributed by atoms with Crippen LogP contribution in [0.25, 0.3) is 0 Å². The Morgan fingerprint density at radius 1 is 1.03 bits per heavy atom. The maximum Gasteiger partial charge on any atom is 0.263 e. The number of fused-ring (bicyclic) bond motifs is 1. The number of benzene rings is 1. The van der Waals surface area contributed by atoms with Crippen LogP contribution in [-0.4, -0.2) is 48.0 Å². The highest BCUT2D eigenvalue weighted by atomic mass is 16.2. The van der Waals surface area contributed by atoms with Crippen LogP contribution in [0.15, 0.2) is 18.2 Å². The smallest absolute Gasteiger partial charge is 0.263 e. The van der Waals surface area contributed by atoms with Crippen LogP contribution in [0.2, 0.25) is 0 Å². The maximum absolute atomic E-state index is 12.9. The van der Waals surface area contributed by atoms with Gasteiger partial charge in [-0.3, -0.25) is 19.3 Å². The average Bonchev–Trinajstić information content (AvgIpc) is 3.04. The summed E-state index contributed by atoms with van der Waals surface area (Å²) >= 11 is 0. The van der Waals surface area contributed by atoms with E-state index in [2.05, 4.69) is 10.6 Å². The Hall–Kier alpha value is -2.70. The summed E-state index contributed by atoms with van der Waals surface area (Å²) in [5.41, 5.74) is 1.28. The minimum atomic E-state index is -0.291. The number of amides is 3. The number of hydrogen-bond acceptors (Lipinski definition) is 5. The summed E-state index contributed by atoms with van der Waals surface area (Å²) in [5.74, 6) is -0.687. The lowest BCUT2D eigenvalue weighted by Gasteiger charge is -2.21. The normalized spacial score (nSPS) is 13.8. The molecule has 2 rings (SSSR count). The van der Waals surface area contributed by atoms with E-state index in [1.54, 1.807) is 18.2 Å². The number of nitrogens with one attached hydrogen (secondary N) is 2. The molecule has 0 spiro atoms. The van der Waals surface area contributed by atoms with E-state index in [1.165, 1.54) is 4.90 Å². The third-order valence-electron chi connectivity index (χ3n) is 5.85. The molecule has 2 N–H and O–H groups in total. The van der Waals surface area contributed by atoms with Gasteiger partial charge in [-0.15, -0.1) is 0 Å². The molecule has 1 aromatic rings. The molecule has 1 heterocycles. The summed E-state index contributed by atoms with van der Waals surface area (Å²) in [7, 11) is 0. The molecule has 1 unspecified atom stereocenters. The number of nitrogens with zero attached hydrogens (tertiary/aromatic N) is 1. The van der Waals surface area contributed by atoms with Gasteiger partial charge in [-0.2, -0.15) is 0 Å². The molecule has 32 heavy (non-hydrogen) atoms. The number of unbranched alkanes of at least 4 members (excludes halogenated alkanes) is 7. The average molecular weight is 444 g/mol. The van der Waals surface area contributed by atoms with Crippen LogP contribution >= 0.6 is 0 Å². The second-order valence-electron chi connectivity index (χ2n) is 8.48. The third-order valence-corrected chi connectivity index (χ3v) is 5.85. The molecule has 1 aromatic carbocycles. The van der Waals surface area contributed by atoms with E-state index >= 15 is 0 Å². The van der Waals surface area contributed by atoms with Gasteiger partial charge in [0.2, 0.25) is 5.91 Å². The Labute approximate surface area is 191 Å². The van der Waals surface area contributed by atoms with E-state index in [9.17, 15) is 19.2 Å². The molecule has 1 aliphatic heterocycles. The minimum absolute atomic E-state index is 0.0547. The molecule has 1 atom stereocenters. The summed E-state index contributed by atoms with van der Waals surface area (Å²) in [4.78, 5) is 49.4. The quantitative estimate of drug-likeness (QED) is 0.225. The van der Waals surface area contributed by atoms with Gasteiger partial charge in [-0.05, 0) is 38.3 Å². The fourth-order valence-corrected chi connectivity index (χ4v) is 4.10. The molecular formula is C25H37N3O4. The topological polar surface area (TPSA) is 95.6 Å². The van der Waals surface area contributed by atoms with Crippen LogP contribution in [0.5, 0.6) is 0 Å². The summed E-state index contributed by atoms with van der Waals surface area (Å²) < 4.78 is 0. The Kier molecular flexibility index (Phi) is 10.9. The van der Waals surface area contributed by atoms with Crippen molar-refractivity contribution >= 4 is 29.7 Å². The van der Waals surface area contributed by atoms with Crippen molar-refractivity contribution in [3.05, 3.63) is 29.3 Å². The molecule has 176 valence electrons. The number of aldehydes is 1. The first-order valence-electron chi connectivity index (χ1n) is 12.0. The third kappa shape index (κ3) is 7.18. The summed E-state index contributed by atoms with van der Waals surface area (Å²) in [6, 6.07) is 4.99. The van der Waals surface area contributed by atoms with Crippen molar-refractivity contribution < 1.29 is 19.2 Å². The molecule has 7 heteroatoms. The molecule has 0 bridgehead atoms. The van der Waals surface area contributed by atoms with Crippen molar-refractivity contribution in [2.24, 2.45) is 0 Å². The predicted octanol–water partition coefficient (Wildman–Crippen LogP) is 4.32. The first-order chi connectivity index (χ1) is 15.5. The van der Waals surface area contributed by atoms with Gasteiger partial charge in [-0.1, -0.05) is 51.5 Å². The second kappa shape index (κ2) is 13.7. The van der Waals surface area contributed by atoms with Crippen LogP contribution in [0.4, 0.5) is 5.69 Å². The van der Waals surface area contributed by atoms with Gasteiger partial charge in [0.05, 0.1) is 17.7 Å². The summed E-state index contributed by atoms with van der Waals surface area (Å²) in [5, 5.41) is 5.94.